The quantitative estimate of drug-likeness (QED) is 0.914. The van der Waals surface area contributed by atoms with Gasteiger partial charge in [0.2, 0.25) is 0 Å². The molecular weight excluding hydrogens is 250 g/mol. The first-order valence-electron chi connectivity index (χ1n) is 4.93. The van der Waals surface area contributed by atoms with Crippen LogP contribution in [0.25, 0.3) is 0 Å². The number of halogens is 3. The minimum absolute atomic E-state index is 0.0973. The summed E-state index contributed by atoms with van der Waals surface area (Å²) in [6.07, 6.45) is 0.578. The van der Waals surface area contributed by atoms with Gasteiger partial charge in [-0.3, -0.25) is 0 Å². The van der Waals surface area contributed by atoms with Gasteiger partial charge in [-0.2, -0.15) is 0 Å². The topological polar surface area (TPSA) is 33.4 Å². The van der Waals surface area contributed by atoms with Crippen molar-refractivity contribution in [1.29, 1.82) is 0 Å². The van der Waals surface area contributed by atoms with E-state index >= 15 is 0 Å². The van der Waals surface area contributed by atoms with Crippen molar-refractivity contribution in [3.63, 3.8) is 0 Å². The predicted octanol–water partition coefficient (Wildman–Crippen LogP) is 3.49. The molecule has 0 amide bonds. The van der Waals surface area contributed by atoms with Crippen molar-refractivity contribution in [2.75, 3.05) is 0 Å². The average Bonchev–Trinajstić information content (AvgIpc) is 2.70. The highest BCUT2D eigenvalue weighted by Crippen LogP contribution is 2.26. The number of hydrogen-bond acceptors (Lipinski definition) is 2. The van der Waals surface area contributed by atoms with Crippen molar-refractivity contribution in [2.45, 2.75) is 12.5 Å². The molecule has 1 aromatic heterocycles. The Balaban J connectivity index is 2.16. The zero-order valence-corrected chi connectivity index (χ0v) is 9.42. The first-order valence-corrected chi connectivity index (χ1v) is 5.30. The Morgan fingerprint density at radius 1 is 1.24 bits per heavy atom. The summed E-state index contributed by atoms with van der Waals surface area (Å²) in [7, 11) is 0. The van der Waals surface area contributed by atoms with Gasteiger partial charge in [-0.25, -0.2) is 8.78 Å². The number of furan rings is 1. The highest BCUT2D eigenvalue weighted by molar-refractivity contribution is 6.29. The van der Waals surface area contributed by atoms with Crippen LogP contribution in [0, 0.1) is 11.6 Å². The van der Waals surface area contributed by atoms with Crippen LogP contribution < -0.4 is 0 Å². The molecule has 5 heteroatoms. The summed E-state index contributed by atoms with van der Waals surface area (Å²) in [6.45, 7) is 0. The highest BCUT2D eigenvalue weighted by Gasteiger charge is 2.15. The molecular formula is C12H9ClF2O2. The summed E-state index contributed by atoms with van der Waals surface area (Å²) in [5.74, 6) is -1.85. The lowest BCUT2D eigenvalue weighted by Crippen LogP contribution is -2.02. The molecule has 1 N–H and O–H groups in total. The van der Waals surface area contributed by atoms with Gasteiger partial charge < -0.3 is 9.52 Å². The van der Waals surface area contributed by atoms with Crippen LogP contribution in [0.4, 0.5) is 8.78 Å². The number of aliphatic hydroxyl groups excluding tert-OH is 1. The maximum absolute atomic E-state index is 13.0. The van der Waals surface area contributed by atoms with Crippen molar-refractivity contribution in [1.82, 2.24) is 0 Å². The van der Waals surface area contributed by atoms with Gasteiger partial charge in [0.1, 0.15) is 0 Å². The van der Waals surface area contributed by atoms with Crippen LogP contribution in [0.1, 0.15) is 17.2 Å². The van der Waals surface area contributed by atoms with Crippen LogP contribution >= 0.6 is 11.6 Å². The minimum Gasteiger partial charge on any atom is -0.453 e. The van der Waals surface area contributed by atoms with Gasteiger partial charge in [-0.1, -0.05) is 6.07 Å². The summed E-state index contributed by atoms with van der Waals surface area (Å²) in [5, 5.41) is 9.94. The second-order valence-corrected chi connectivity index (χ2v) is 3.96. The Labute approximate surface area is 101 Å². The molecule has 0 bridgehead atoms. The van der Waals surface area contributed by atoms with E-state index in [4.69, 9.17) is 16.0 Å². The molecule has 1 atom stereocenters. The molecule has 0 spiro atoms. The first-order chi connectivity index (χ1) is 8.08. The molecule has 0 aliphatic carbocycles. The summed E-state index contributed by atoms with van der Waals surface area (Å²) < 4.78 is 30.5. The summed E-state index contributed by atoms with van der Waals surface area (Å²) >= 11 is 5.70. The van der Waals surface area contributed by atoms with Crippen LogP contribution in [-0.2, 0) is 6.42 Å². The molecule has 1 heterocycles. The molecule has 1 unspecified atom stereocenters. The largest absolute Gasteiger partial charge is 0.453 e. The van der Waals surface area contributed by atoms with Crippen LogP contribution in [0.2, 0.25) is 5.22 Å². The maximum Gasteiger partial charge on any atom is 0.198 e. The third-order valence-electron chi connectivity index (χ3n) is 2.42. The lowest BCUT2D eigenvalue weighted by atomic mass is 10.0. The van der Waals surface area contributed by atoms with Crippen molar-refractivity contribution in [3.05, 3.63) is 58.5 Å². The fourth-order valence-corrected chi connectivity index (χ4v) is 1.78. The fourth-order valence-electron chi connectivity index (χ4n) is 1.54. The van der Waals surface area contributed by atoms with Crippen molar-refractivity contribution in [2.24, 2.45) is 0 Å². The van der Waals surface area contributed by atoms with E-state index in [1.165, 1.54) is 18.4 Å². The summed E-state index contributed by atoms with van der Waals surface area (Å²) in [4.78, 5) is 0. The van der Waals surface area contributed by atoms with E-state index in [1.54, 1.807) is 0 Å². The monoisotopic (exact) mass is 258 g/mol. The maximum atomic E-state index is 13.0. The molecule has 2 aromatic rings. The van der Waals surface area contributed by atoms with Gasteiger partial charge in [0.25, 0.3) is 0 Å². The van der Waals surface area contributed by atoms with Gasteiger partial charge in [-0.05, 0) is 35.4 Å². The van der Waals surface area contributed by atoms with Gasteiger partial charge in [0.15, 0.2) is 16.9 Å². The van der Waals surface area contributed by atoms with Crippen molar-refractivity contribution >= 4 is 11.6 Å². The Morgan fingerprint density at radius 3 is 2.59 bits per heavy atom. The van der Waals surface area contributed by atoms with E-state index in [0.29, 0.717) is 11.1 Å². The van der Waals surface area contributed by atoms with Gasteiger partial charge in [0.05, 0.1) is 12.4 Å². The number of hydrogen-bond donors (Lipinski definition) is 1. The minimum atomic E-state index is -0.937. The number of rotatable bonds is 3. The zero-order valence-electron chi connectivity index (χ0n) is 8.66. The third kappa shape index (κ3) is 2.65. The molecule has 0 saturated heterocycles. The average molecular weight is 259 g/mol. The molecule has 2 rings (SSSR count). The highest BCUT2D eigenvalue weighted by atomic mass is 35.5. The first kappa shape index (κ1) is 12.1. The third-order valence-corrected chi connectivity index (χ3v) is 2.73. The molecule has 90 valence electrons. The second-order valence-electron chi connectivity index (χ2n) is 3.62. The van der Waals surface area contributed by atoms with Crippen LogP contribution in [-0.4, -0.2) is 5.11 Å². The predicted molar refractivity (Wildman–Crippen MR) is 58.7 cm³/mol. The standard InChI is InChI=1S/C12H9ClF2O2/c13-12-8(3-4-17-12)11(16)6-7-1-2-9(14)10(15)5-7/h1-5,11,16H,6H2. The summed E-state index contributed by atoms with van der Waals surface area (Å²) in [5.41, 5.74) is 0.907. The molecule has 0 fully saturated rings. The smallest absolute Gasteiger partial charge is 0.198 e. The lowest BCUT2D eigenvalue weighted by molar-refractivity contribution is 0.177. The molecule has 0 saturated carbocycles. The number of aliphatic hydroxyl groups is 1. The Morgan fingerprint density at radius 2 is 2.00 bits per heavy atom. The Kier molecular flexibility index (Phi) is 3.45. The summed E-state index contributed by atoms with van der Waals surface area (Å²) in [6, 6.07) is 5.02. The SMILES string of the molecule is OC(Cc1ccc(F)c(F)c1)c1ccoc1Cl. The molecule has 1 aromatic carbocycles. The number of benzene rings is 1. The van der Waals surface area contributed by atoms with Gasteiger partial charge >= 0.3 is 0 Å². The van der Waals surface area contributed by atoms with Gasteiger partial charge in [-0.15, -0.1) is 0 Å². The van der Waals surface area contributed by atoms with E-state index in [1.807, 2.05) is 0 Å². The van der Waals surface area contributed by atoms with Gasteiger partial charge in [0, 0.05) is 12.0 Å². The van der Waals surface area contributed by atoms with E-state index < -0.39 is 17.7 Å². The van der Waals surface area contributed by atoms with E-state index in [2.05, 4.69) is 0 Å². The molecule has 0 aliphatic heterocycles. The zero-order chi connectivity index (χ0) is 12.4. The van der Waals surface area contributed by atoms with E-state index in [0.717, 1.165) is 12.1 Å². The second kappa shape index (κ2) is 4.85. The van der Waals surface area contributed by atoms with Crippen LogP contribution in [0.3, 0.4) is 0 Å². The molecule has 2 nitrogen and oxygen atoms in total. The lowest BCUT2D eigenvalue weighted by Gasteiger charge is -2.09. The Hall–Kier alpha value is -1.39. The van der Waals surface area contributed by atoms with Crippen LogP contribution in [0.15, 0.2) is 34.9 Å². The normalized spacial score (nSPS) is 12.7. The fraction of sp³-hybridized carbons (Fsp3) is 0.167. The molecule has 0 radical (unpaired) electrons. The molecule has 0 aliphatic rings. The molecule has 17 heavy (non-hydrogen) atoms. The van der Waals surface area contributed by atoms with E-state index in [-0.39, 0.29) is 11.6 Å². The Bertz CT molecular complexity index is 525. The van der Waals surface area contributed by atoms with Crippen molar-refractivity contribution < 1.29 is 18.3 Å². The van der Waals surface area contributed by atoms with Crippen LogP contribution in [0.5, 0.6) is 0 Å². The van der Waals surface area contributed by atoms with E-state index in [9.17, 15) is 13.9 Å². The van der Waals surface area contributed by atoms with Crippen molar-refractivity contribution in [3.8, 4) is 0 Å².